The molecule has 0 aliphatic carbocycles. The standard InChI is InChI=1S/C11H11NO4/c1-7-6-16-11(15)12(7)9-5-3-2-4-8(9)10(13)14/h2-5,7H,6H2,1H3,(H,13,14). The molecule has 1 fully saturated rings. The van der Waals surface area contributed by atoms with Crippen LogP contribution in [0.4, 0.5) is 10.5 Å². The average Bonchev–Trinajstić information content (AvgIpc) is 2.58. The van der Waals surface area contributed by atoms with Gasteiger partial charge in [0.05, 0.1) is 17.3 Å². The van der Waals surface area contributed by atoms with Crippen LogP contribution >= 0.6 is 0 Å². The van der Waals surface area contributed by atoms with E-state index >= 15 is 0 Å². The van der Waals surface area contributed by atoms with Crippen LogP contribution in [0.2, 0.25) is 0 Å². The van der Waals surface area contributed by atoms with Gasteiger partial charge in [-0.05, 0) is 19.1 Å². The number of benzene rings is 1. The third kappa shape index (κ3) is 1.60. The van der Waals surface area contributed by atoms with Crippen molar-refractivity contribution in [3.8, 4) is 0 Å². The number of ether oxygens (including phenoxy) is 1. The first-order chi connectivity index (χ1) is 7.61. The van der Waals surface area contributed by atoms with Gasteiger partial charge in [0, 0.05) is 0 Å². The van der Waals surface area contributed by atoms with Gasteiger partial charge in [-0.15, -0.1) is 0 Å². The fourth-order valence-corrected chi connectivity index (χ4v) is 1.72. The van der Waals surface area contributed by atoms with Crippen molar-refractivity contribution in [3.63, 3.8) is 0 Å². The van der Waals surface area contributed by atoms with E-state index in [2.05, 4.69) is 0 Å². The maximum atomic E-state index is 11.5. The number of nitrogens with zero attached hydrogens (tertiary/aromatic N) is 1. The zero-order chi connectivity index (χ0) is 11.7. The minimum Gasteiger partial charge on any atom is -0.478 e. The largest absolute Gasteiger partial charge is 0.478 e. The maximum absolute atomic E-state index is 11.5. The number of para-hydroxylation sites is 1. The predicted octanol–water partition coefficient (Wildman–Crippen LogP) is 1.73. The third-order valence-corrected chi connectivity index (χ3v) is 2.48. The van der Waals surface area contributed by atoms with Gasteiger partial charge in [-0.3, -0.25) is 4.90 Å². The van der Waals surface area contributed by atoms with Gasteiger partial charge in [0.15, 0.2) is 0 Å². The summed E-state index contributed by atoms with van der Waals surface area (Å²) in [7, 11) is 0. The van der Waals surface area contributed by atoms with E-state index in [1.54, 1.807) is 18.2 Å². The second-order valence-electron chi connectivity index (χ2n) is 3.62. The van der Waals surface area contributed by atoms with E-state index in [-0.39, 0.29) is 18.2 Å². The van der Waals surface area contributed by atoms with Gasteiger partial charge >= 0.3 is 12.1 Å². The number of aromatic carboxylic acids is 1. The summed E-state index contributed by atoms with van der Waals surface area (Å²) in [4.78, 5) is 23.8. The van der Waals surface area contributed by atoms with E-state index in [1.807, 2.05) is 6.92 Å². The Morgan fingerprint density at radius 2 is 2.19 bits per heavy atom. The van der Waals surface area contributed by atoms with Crippen LogP contribution in [0.15, 0.2) is 24.3 Å². The van der Waals surface area contributed by atoms with Crippen molar-refractivity contribution in [2.45, 2.75) is 13.0 Å². The second kappa shape index (κ2) is 3.84. The monoisotopic (exact) mass is 221 g/mol. The van der Waals surface area contributed by atoms with E-state index in [9.17, 15) is 9.59 Å². The van der Waals surface area contributed by atoms with Crippen LogP contribution in [0.25, 0.3) is 0 Å². The summed E-state index contributed by atoms with van der Waals surface area (Å²) in [5, 5.41) is 9.02. The molecule has 1 unspecified atom stereocenters. The Bertz CT molecular complexity index is 443. The summed E-state index contributed by atoms with van der Waals surface area (Å²) in [6.07, 6.45) is -0.499. The van der Waals surface area contributed by atoms with Gasteiger partial charge < -0.3 is 9.84 Å². The number of hydrogen-bond acceptors (Lipinski definition) is 3. The van der Waals surface area contributed by atoms with Crippen molar-refractivity contribution in [1.82, 2.24) is 0 Å². The zero-order valence-corrected chi connectivity index (χ0v) is 8.71. The van der Waals surface area contributed by atoms with E-state index in [0.717, 1.165) is 0 Å². The smallest absolute Gasteiger partial charge is 0.414 e. The van der Waals surface area contributed by atoms with Crippen molar-refractivity contribution < 1.29 is 19.4 Å². The normalized spacial score (nSPS) is 19.7. The molecule has 5 heteroatoms. The Balaban J connectivity index is 2.47. The molecular formula is C11H11NO4. The Labute approximate surface area is 92.2 Å². The first kappa shape index (κ1) is 10.5. The molecule has 2 rings (SSSR count). The summed E-state index contributed by atoms with van der Waals surface area (Å²) >= 11 is 0. The lowest BCUT2D eigenvalue weighted by molar-refractivity contribution is 0.0697. The van der Waals surface area contributed by atoms with Crippen molar-refractivity contribution in [3.05, 3.63) is 29.8 Å². The summed E-state index contributed by atoms with van der Waals surface area (Å²) in [6.45, 7) is 2.09. The summed E-state index contributed by atoms with van der Waals surface area (Å²) in [5.74, 6) is -1.05. The number of anilines is 1. The Morgan fingerprint density at radius 3 is 2.75 bits per heavy atom. The Kier molecular flexibility index (Phi) is 2.52. The average molecular weight is 221 g/mol. The molecular weight excluding hydrogens is 210 g/mol. The maximum Gasteiger partial charge on any atom is 0.414 e. The molecule has 1 heterocycles. The summed E-state index contributed by atoms with van der Waals surface area (Å²) in [6, 6.07) is 6.25. The zero-order valence-electron chi connectivity index (χ0n) is 8.71. The molecule has 1 aliphatic rings. The SMILES string of the molecule is CC1COC(=O)N1c1ccccc1C(=O)O. The molecule has 1 atom stereocenters. The quantitative estimate of drug-likeness (QED) is 0.825. The van der Waals surface area contributed by atoms with Crippen LogP contribution in [-0.4, -0.2) is 29.8 Å². The van der Waals surface area contributed by atoms with Crippen molar-refractivity contribution >= 4 is 17.7 Å². The van der Waals surface area contributed by atoms with Crippen LogP contribution < -0.4 is 4.90 Å². The number of cyclic esters (lactones) is 1. The summed E-state index contributed by atoms with van der Waals surface area (Å²) in [5.41, 5.74) is 0.484. The van der Waals surface area contributed by atoms with E-state index in [1.165, 1.54) is 11.0 Å². The highest BCUT2D eigenvalue weighted by molar-refractivity contribution is 6.00. The van der Waals surface area contributed by atoms with Crippen LogP contribution in [0.5, 0.6) is 0 Å². The molecule has 1 aromatic rings. The predicted molar refractivity (Wildman–Crippen MR) is 56.7 cm³/mol. The van der Waals surface area contributed by atoms with Gasteiger partial charge in [0.25, 0.3) is 0 Å². The third-order valence-electron chi connectivity index (χ3n) is 2.48. The Hall–Kier alpha value is -2.04. The lowest BCUT2D eigenvalue weighted by atomic mass is 10.1. The lowest BCUT2D eigenvalue weighted by Crippen LogP contribution is -2.32. The molecule has 0 radical (unpaired) electrons. The van der Waals surface area contributed by atoms with Crippen molar-refractivity contribution in [1.29, 1.82) is 0 Å². The number of rotatable bonds is 2. The highest BCUT2D eigenvalue weighted by Crippen LogP contribution is 2.26. The fraction of sp³-hybridized carbons (Fsp3) is 0.273. The second-order valence-corrected chi connectivity index (χ2v) is 3.62. The van der Waals surface area contributed by atoms with E-state index in [0.29, 0.717) is 5.69 Å². The minimum absolute atomic E-state index is 0.105. The van der Waals surface area contributed by atoms with Gasteiger partial charge in [0.2, 0.25) is 0 Å². The van der Waals surface area contributed by atoms with E-state index < -0.39 is 12.1 Å². The molecule has 0 aromatic heterocycles. The first-order valence-corrected chi connectivity index (χ1v) is 4.89. The molecule has 1 aromatic carbocycles. The number of carboxylic acids is 1. The molecule has 1 amide bonds. The van der Waals surface area contributed by atoms with Crippen molar-refractivity contribution in [2.24, 2.45) is 0 Å². The first-order valence-electron chi connectivity index (χ1n) is 4.89. The van der Waals surface area contributed by atoms with Gasteiger partial charge in [-0.2, -0.15) is 0 Å². The topological polar surface area (TPSA) is 66.8 Å². The molecule has 1 saturated heterocycles. The van der Waals surface area contributed by atoms with Crippen LogP contribution in [0.3, 0.4) is 0 Å². The highest BCUT2D eigenvalue weighted by atomic mass is 16.6. The van der Waals surface area contributed by atoms with Gasteiger partial charge in [0.1, 0.15) is 6.61 Å². The number of hydrogen-bond donors (Lipinski definition) is 1. The fourth-order valence-electron chi connectivity index (χ4n) is 1.72. The molecule has 0 bridgehead atoms. The number of carboxylic acid groups (broad SMARTS) is 1. The molecule has 1 aliphatic heterocycles. The van der Waals surface area contributed by atoms with E-state index in [4.69, 9.17) is 9.84 Å². The van der Waals surface area contributed by atoms with Crippen LogP contribution in [0.1, 0.15) is 17.3 Å². The molecule has 0 saturated carbocycles. The van der Waals surface area contributed by atoms with Crippen molar-refractivity contribution in [2.75, 3.05) is 11.5 Å². The van der Waals surface area contributed by atoms with Crippen LogP contribution in [0, 0.1) is 0 Å². The molecule has 1 N–H and O–H groups in total. The molecule has 5 nitrogen and oxygen atoms in total. The number of amides is 1. The molecule has 84 valence electrons. The Morgan fingerprint density at radius 1 is 1.50 bits per heavy atom. The highest BCUT2D eigenvalue weighted by Gasteiger charge is 2.33. The number of carbonyl (C=O) groups excluding carboxylic acids is 1. The van der Waals surface area contributed by atoms with Gasteiger partial charge in [-0.25, -0.2) is 9.59 Å². The lowest BCUT2D eigenvalue weighted by Gasteiger charge is -2.19. The molecule has 0 spiro atoms. The van der Waals surface area contributed by atoms with Gasteiger partial charge in [-0.1, -0.05) is 12.1 Å². The van der Waals surface area contributed by atoms with Crippen LogP contribution in [-0.2, 0) is 4.74 Å². The summed E-state index contributed by atoms with van der Waals surface area (Å²) < 4.78 is 4.86. The number of carbonyl (C=O) groups is 2. The molecule has 16 heavy (non-hydrogen) atoms. The minimum atomic E-state index is -1.05.